The van der Waals surface area contributed by atoms with Crippen molar-refractivity contribution in [1.82, 2.24) is 4.90 Å². The minimum atomic E-state index is -0.314. The summed E-state index contributed by atoms with van der Waals surface area (Å²) in [5, 5.41) is 9.97. The molecule has 1 aliphatic rings. The lowest BCUT2D eigenvalue weighted by Gasteiger charge is -2.22. The molecule has 0 unspecified atom stereocenters. The fraction of sp³-hybridized carbons (Fsp3) is 0.455. The molecule has 2 nitrogen and oxygen atoms in total. The monoisotopic (exact) mass is 177 g/mol. The molecule has 2 heteroatoms. The smallest absolute Gasteiger partial charge is 0.0950 e. The van der Waals surface area contributed by atoms with E-state index >= 15 is 0 Å². The fourth-order valence-corrected chi connectivity index (χ4v) is 2.02. The molecule has 0 heterocycles. The molecule has 1 N–H and O–H groups in total. The Hall–Kier alpha value is -0.860. The summed E-state index contributed by atoms with van der Waals surface area (Å²) in [6.07, 6.45) is 0.649. The first-order chi connectivity index (χ1) is 6.20. The van der Waals surface area contributed by atoms with E-state index in [2.05, 4.69) is 11.0 Å². The third-order valence-electron chi connectivity index (χ3n) is 2.83. The molecule has 0 aromatic heterocycles. The van der Waals surface area contributed by atoms with Crippen molar-refractivity contribution in [1.29, 1.82) is 0 Å². The third-order valence-corrected chi connectivity index (χ3v) is 2.83. The topological polar surface area (TPSA) is 23.5 Å². The van der Waals surface area contributed by atoms with Gasteiger partial charge in [0.15, 0.2) is 0 Å². The summed E-state index contributed by atoms with van der Waals surface area (Å²) in [7, 11) is 4.03. The Kier molecular flexibility index (Phi) is 2.10. The normalized spacial score (nSPS) is 26.5. The number of nitrogens with zero attached hydrogens (tertiary/aromatic N) is 1. The second-order valence-electron chi connectivity index (χ2n) is 3.88. The second-order valence-corrected chi connectivity index (χ2v) is 3.88. The van der Waals surface area contributed by atoms with E-state index in [1.54, 1.807) is 0 Å². The number of fused-ring (bicyclic) bond motifs is 1. The van der Waals surface area contributed by atoms with Crippen LogP contribution in [0.25, 0.3) is 0 Å². The molecule has 0 amide bonds. The minimum absolute atomic E-state index is 0.248. The SMILES string of the molecule is CN(C)[C@H]1Cc2ccccc2[C@@H]1O. The maximum absolute atomic E-state index is 9.97. The Labute approximate surface area is 78.8 Å². The number of benzene rings is 1. The van der Waals surface area contributed by atoms with Gasteiger partial charge in [0.05, 0.1) is 6.10 Å². The number of aliphatic hydroxyl groups is 1. The van der Waals surface area contributed by atoms with E-state index < -0.39 is 0 Å². The van der Waals surface area contributed by atoms with Crippen molar-refractivity contribution < 1.29 is 5.11 Å². The highest BCUT2D eigenvalue weighted by Gasteiger charge is 2.31. The summed E-state index contributed by atoms with van der Waals surface area (Å²) in [5.74, 6) is 0. The molecule has 0 saturated carbocycles. The predicted octanol–water partition coefficient (Wildman–Crippen LogP) is 1.21. The van der Waals surface area contributed by atoms with Gasteiger partial charge in [-0.15, -0.1) is 0 Å². The van der Waals surface area contributed by atoms with Crippen molar-refractivity contribution in [2.45, 2.75) is 18.6 Å². The number of aliphatic hydroxyl groups excluding tert-OH is 1. The molecule has 0 bridgehead atoms. The van der Waals surface area contributed by atoms with Gasteiger partial charge in [-0.25, -0.2) is 0 Å². The maximum Gasteiger partial charge on any atom is 0.0950 e. The van der Waals surface area contributed by atoms with Crippen LogP contribution in [0.3, 0.4) is 0 Å². The lowest BCUT2D eigenvalue weighted by Crippen LogP contribution is -2.31. The summed E-state index contributed by atoms with van der Waals surface area (Å²) >= 11 is 0. The van der Waals surface area contributed by atoms with E-state index in [0.29, 0.717) is 0 Å². The molecule has 2 rings (SSSR count). The molecule has 1 aromatic carbocycles. The molecule has 1 aromatic rings. The molecule has 1 aliphatic carbocycles. The lowest BCUT2D eigenvalue weighted by atomic mass is 10.1. The van der Waals surface area contributed by atoms with Gasteiger partial charge in [0.1, 0.15) is 0 Å². The van der Waals surface area contributed by atoms with E-state index in [9.17, 15) is 5.11 Å². The van der Waals surface area contributed by atoms with Gasteiger partial charge in [-0.3, -0.25) is 0 Å². The summed E-state index contributed by atoms with van der Waals surface area (Å²) in [5.41, 5.74) is 2.38. The van der Waals surface area contributed by atoms with Crippen molar-refractivity contribution in [3.63, 3.8) is 0 Å². The number of hydrogen-bond acceptors (Lipinski definition) is 2. The van der Waals surface area contributed by atoms with Crippen LogP contribution >= 0.6 is 0 Å². The second kappa shape index (κ2) is 3.13. The molecule has 13 heavy (non-hydrogen) atoms. The van der Waals surface area contributed by atoms with Crippen LogP contribution in [-0.4, -0.2) is 30.1 Å². The largest absolute Gasteiger partial charge is 0.387 e. The average molecular weight is 177 g/mol. The van der Waals surface area contributed by atoms with E-state index in [0.717, 1.165) is 12.0 Å². The molecular weight excluding hydrogens is 162 g/mol. The van der Waals surface area contributed by atoms with E-state index in [4.69, 9.17) is 0 Å². The van der Waals surface area contributed by atoms with Gasteiger partial charge in [-0.2, -0.15) is 0 Å². The summed E-state index contributed by atoms with van der Waals surface area (Å²) in [4.78, 5) is 2.09. The molecule has 2 atom stereocenters. The highest BCUT2D eigenvalue weighted by atomic mass is 16.3. The highest BCUT2D eigenvalue weighted by Crippen LogP contribution is 2.32. The quantitative estimate of drug-likeness (QED) is 0.697. The minimum Gasteiger partial charge on any atom is -0.387 e. The first kappa shape index (κ1) is 8.73. The Morgan fingerprint density at radius 2 is 2.00 bits per heavy atom. The van der Waals surface area contributed by atoms with Crippen molar-refractivity contribution in [3.05, 3.63) is 35.4 Å². The Balaban J connectivity index is 2.32. The van der Waals surface area contributed by atoms with E-state index in [1.165, 1.54) is 5.56 Å². The standard InChI is InChI=1S/C11H15NO/c1-12(2)10-7-8-5-3-4-6-9(8)11(10)13/h3-6,10-11,13H,7H2,1-2H3/t10-,11-/m0/s1. The first-order valence-corrected chi connectivity index (χ1v) is 4.62. The van der Waals surface area contributed by atoms with Crippen LogP contribution in [0.15, 0.2) is 24.3 Å². The van der Waals surface area contributed by atoms with Crippen LogP contribution in [-0.2, 0) is 6.42 Å². The fourth-order valence-electron chi connectivity index (χ4n) is 2.02. The van der Waals surface area contributed by atoms with Crippen LogP contribution in [0.1, 0.15) is 17.2 Å². The Bertz CT molecular complexity index is 309. The molecule has 0 spiro atoms. The average Bonchev–Trinajstić information content (AvgIpc) is 2.45. The molecule has 0 aliphatic heterocycles. The van der Waals surface area contributed by atoms with Crippen LogP contribution in [0, 0.1) is 0 Å². The molecule has 0 saturated heterocycles. The van der Waals surface area contributed by atoms with Crippen molar-refractivity contribution >= 4 is 0 Å². The lowest BCUT2D eigenvalue weighted by molar-refractivity contribution is 0.0899. The highest BCUT2D eigenvalue weighted by molar-refractivity contribution is 5.35. The molecular formula is C11H15NO. The molecule has 70 valence electrons. The number of hydrogen-bond donors (Lipinski definition) is 1. The molecule has 0 radical (unpaired) electrons. The van der Waals surface area contributed by atoms with Gasteiger partial charge in [0.25, 0.3) is 0 Å². The zero-order valence-corrected chi connectivity index (χ0v) is 8.07. The first-order valence-electron chi connectivity index (χ1n) is 4.62. The van der Waals surface area contributed by atoms with Gasteiger partial charge in [0, 0.05) is 6.04 Å². The number of likely N-dealkylation sites (N-methyl/N-ethyl adjacent to an activating group) is 1. The summed E-state index contributed by atoms with van der Waals surface area (Å²) < 4.78 is 0. The summed E-state index contributed by atoms with van der Waals surface area (Å²) in [6, 6.07) is 8.38. The van der Waals surface area contributed by atoms with Crippen molar-refractivity contribution in [2.24, 2.45) is 0 Å². The van der Waals surface area contributed by atoms with Gasteiger partial charge in [-0.1, -0.05) is 24.3 Å². The maximum atomic E-state index is 9.97. The third kappa shape index (κ3) is 1.36. The van der Waals surface area contributed by atoms with Gasteiger partial charge < -0.3 is 10.0 Å². The van der Waals surface area contributed by atoms with Gasteiger partial charge >= 0.3 is 0 Å². The van der Waals surface area contributed by atoms with Crippen LogP contribution < -0.4 is 0 Å². The Morgan fingerprint density at radius 1 is 1.31 bits per heavy atom. The molecule has 0 fully saturated rings. The van der Waals surface area contributed by atoms with E-state index in [1.807, 2.05) is 32.3 Å². The van der Waals surface area contributed by atoms with Gasteiger partial charge in [0.2, 0.25) is 0 Å². The van der Waals surface area contributed by atoms with Crippen LogP contribution in [0.5, 0.6) is 0 Å². The zero-order chi connectivity index (χ0) is 9.42. The van der Waals surface area contributed by atoms with Crippen LogP contribution in [0.4, 0.5) is 0 Å². The predicted molar refractivity (Wildman–Crippen MR) is 52.6 cm³/mol. The van der Waals surface area contributed by atoms with Crippen molar-refractivity contribution in [3.8, 4) is 0 Å². The van der Waals surface area contributed by atoms with E-state index in [-0.39, 0.29) is 12.1 Å². The van der Waals surface area contributed by atoms with Gasteiger partial charge in [-0.05, 0) is 31.6 Å². The Morgan fingerprint density at radius 3 is 2.62 bits per heavy atom. The zero-order valence-electron chi connectivity index (χ0n) is 8.07. The van der Waals surface area contributed by atoms with Crippen molar-refractivity contribution in [2.75, 3.05) is 14.1 Å². The number of rotatable bonds is 1. The summed E-state index contributed by atoms with van der Waals surface area (Å²) in [6.45, 7) is 0. The van der Waals surface area contributed by atoms with Crippen LogP contribution in [0.2, 0.25) is 0 Å².